The Morgan fingerprint density at radius 3 is 2.59 bits per heavy atom. The minimum atomic E-state index is -0.229. The second-order valence-electron chi connectivity index (χ2n) is 3.32. The van der Waals surface area contributed by atoms with Crippen molar-refractivity contribution in [3.8, 4) is 11.8 Å². The van der Waals surface area contributed by atoms with Gasteiger partial charge in [-0.25, -0.2) is 0 Å². The number of furan rings is 1. The molecule has 0 unspecified atom stereocenters. The van der Waals surface area contributed by atoms with Gasteiger partial charge in [-0.2, -0.15) is 0 Å². The second kappa shape index (κ2) is 5.42. The van der Waals surface area contributed by atoms with E-state index in [1.54, 1.807) is 17.8 Å². The van der Waals surface area contributed by atoms with Crippen molar-refractivity contribution in [2.75, 3.05) is 6.26 Å². The summed E-state index contributed by atoms with van der Waals surface area (Å²) < 4.78 is 4.83. The molecular weight excluding hydrogens is 232 g/mol. The van der Waals surface area contributed by atoms with Gasteiger partial charge in [-0.05, 0) is 42.5 Å². The first-order valence-electron chi connectivity index (χ1n) is 5.02. The van der Waals surface area contributed by atoms with Gasteiger partial charge in [-0.15, -0.1) is 11.8 Å². The molecule has 0 saturated carbocycles. The fourth-order valence-electron chi connectivity index (χ4n) is 1.27. The first-order chi connectivity index (χ1) is 8.29. The van der Waals surface area contributed by atoms with Crippen molar-refractivity contribution >= 4 is 17.5 Å². The molecule has 0 amide bonds. The Balaban J connectivity index is 2.13. The summed E-state index contributed by atoms with van der Waals surface area (Å²) in [6.07, 6.45) is 4.87. The molecule has 2 rings (SSSR count). The lowest BCUT2D eigenvalue weighted by molar-refractivity contribution is 0.105. The molecule has 0 aliphatic carbocycles. The number of hydrogen-bond acceptors (Lipinski definition) is 3. The van der Waals surface area contributed by atoms with E-state index in [-0.39, 0.29) is 5.78 Å². The Bertz CT molecular complexity index is 557. The first kappa shape index (κ1) is 11.6. The molecule has 0 atom stereocenters. The number of carbonyl (C=O) groups is 1. The van der Waals surface area contributed by atoms with Gasteiger partial charge in [0.2, 0.25) is 5.78 Å². The van der Waals surface area contributed by atoms with Crippen molar-refractivity contribution in [2.45, 2.75) is 4.90 Å². The Hall–Kier alpha value is -1.92. The maximum absolute atomic E-state index is 11.6. The van der Waals surface area contributed by atoms with Gasteiger partial charge < -0.3 is 4.42 Å². The summed E-state index contributed by atoms with van der Waals surface area (Å²) >= 11 is 1.67. The molecule has 1 aromatic heterocycles. The van der Waals surface area contributed by atoms with Crippen LogP contribution in [0.5, 0.6) is 0 Å². The number of ketones is 1. The van der Waals surface area contributed by atoms with E-state index in [9.17, 15) is 4.79 Å². The quantitative estimate of drug-likeness (QED) is 0.460. The summed E-state index contributed by atoms with van der Waals surface area (Å²) in [4.78, 5) is 12.7. The van der Waals surface area contributed by atoms with Crippen LogP contribution in [0.15, 0.2) is 52.2 Å². The van der Waals surface area contributed by atoms with Crippen LogP contribution in [-0.4, -0.2) is 12.0 Å². The van der Waals surface area contributed by atoms with Crippen LogP contribution in [0.2, 0.25) is 0 Å². The van der Waals surface area contributed by atoms with Crippen molar-refractivity contribution < 1.29 is 9.21 Å². The van der Waals surface area contributed by atoms with Gasteiger partial charge in [0.1, 0.15) is 6.26 Å². The average Bonchev–Trinajstić information content (AvgIpc) is 2.90. The van der Waals surface area contributed by atoms with Crippen LogP contribution in [0, 0.1) is 11.8 Å². The Kier molecular flexibility index (Phi) is 3.69. The van der Waals surface area contributed by atoms with Gasteiger partial charge >= 0.3 is 0 Å². The smallest absolute Gasteiger partial charge is 0.239 e. The molecule has 0 saturated heterocycles. The lowest BCUT2D eigenvalue weighted by Crippen LogP contribution is -1.91. The number of carbonyl (C=O) groups excluding carboxylic acids is 1. The summed E-state index contributed by atoms with van der Waals surface area (Å²) in [5.74, 6) is 5.19. The normalized spacial score (nSPS) is 9.47. The van der Waals surface area contributed by atoms with Gasteiger partial charge in [0.05, 0.1) is 11.8 Å². The minimum absolute atomic E-state index is 0.229. The molecule has 0 aliphatic rings. The van der Waals surface area contributed by atoms with Crippen LogP contribution >= 0.6 is 11.8 Å². The SMILES string of the molecule is CSc1ccc(C#CC(=O)c2ccoc2)cc1. The predicted molar refractivity (Wildman–Crippen MR) is 68.1 cm³/mol. The van der Waals surface area contributed by atoms with E-state index in [0.717, 1.165) is 5.56 Å². The molecule has 0 fully saturated rings. The Morgan fingerprint density at radius 1 is 1.24 bits per heavy atom. The zero-order valence-corrected chi connectivity index (χ0v) is 10.1. The molecular formula is C14H10O2S. The number of hydrogen-bond donors (Lipinski definition) is 0. The lowest BCUT2D eigenvalue weighted by Gasteiger charge is -1.94. The fraction of sp³-hybridized carbons (Fsp3) is 0.0714. The van der Waals surface area contributed by atoms with Crippen LogP contribution in [-0.2, 0) is 0 Å². The lowest BCUT2D eigenvalue weighted by atomic mass is 10.2. The highest BCUT2D eigenvalue weighted by atomic mass is 32.2. The zero-order chi connectivity index (χ0) is 12.1. The zero-order valence-electron chi connectivity index (χ0n) is 9.27. The molecule has 2 aromatic rings. The van der Waals surface area contributed by atoms with E-state index in [1.807, 2.05) is 30.5 Å². The van der Waals surface area contributed by atoms with Gasteiger partial charge in [-0.1, -0.05) is 5.92 Å². The summed E-state index contributed by atoms with van der Waals surface area (Å²) in [7, 11) is 0. The van der Waals surface area contributed by atoms with E-state index in [2.05, 4.69) is 11.8 Å². The number of thioether (sulfide) groups is 1. The van der Waals surface area contributed by atoms with Gasteiger partial charge in [0.25, 0.3) is 0 Å². The molecule has 0 N–H and O–H groups in total. The van der Waals surface area contributed by atoms with Gasteiger partial charge in [-0.3, -0.25) is 4.79 Å². The molecule has 0 radical (unpaired) electrons. The van der Waals surface area contributed by atoms with Crippen LogP contribution < -0.4 is 0 Å². The summed E-state index contributed by atoms with van der Waals surface area (Å²) in [6.45, 7) is 0. The van der Waals surface area contributed by atoms with Gasteiger partial charge in [0.15, 0.2) is 0 Å². The summed E-state index contributed by atoms with van der Waals surface area (Å²) in [5, 5.41) is 0. The molecule has 2 nitrogen and oxygen atoms in total. The standard InChI is InChI=1S/C14H10O2S/c1-17-13-5-2-11(3-6-13)4-7-14(15)12-8-9-16-10-12/h2-3,5-6,8-10H,1H3. The fourth-order valence-corrected chi connectivity index (χ4v) is 1.68. The van der Waals surface area contributed by atoms with Crippen molar-refractivity contribution in [3.05, 3.63) is 54.0 Å². The van der Waals surface area contributed by atoms with Crippen molar-refractivity contribution in [1.29, 1.82) is 0 Å². The Labute approximate surface area is 104 Å². The number of benzene rings is 1. The van der Waals surface area contributed by atoms with Crippen LogP contribution in [0.1, 0.15) is 15.9 Å². The number of rotatable bonds is 2. The van der Waals surface area contributed by atoms with Crippen molar-refractivity contribution in [1.82, 2.24) is 0 Å². The maximum atomic E-state index is 11.6. The van der Waals surface area contributed by atoms with Gasteiger partial charge in [0, 0.05) is 10.5 Å². The summed E-state index contributed by atoms with van der Waals surface area (Å²) in [5.41, 5.74) is 1.32. The average molecular weight is 242 g/mol. The van der Waals surface area contributed by atoms with Crippen LogP contribution in [0.3, 0.4) is 0 Å². The van der Waals surface area contributed by atoms with E-state index < -0.39 is 0 Å². The van der Waals surface area contributed by atoms with E-state index in [0.29, 0.717) is 5.56 Å². The molecule has 0 spiro atoms. The third kappa shape index (κ3) is 3.02. The van der Waals surface area contributed by atoms with Crippen LogP contribution in [0.4, 0.5) is 0 Å². The van der Waals surface area contributed by atoms with E-state index in [4.69, 9.17) is 4.42 Å². The van der Waals surface area contributed by atoms with E-state index in [1.165, 1.54) is 17.4 Å². The monoisotopic (exact) mass is 242 g/mol. The first-order valence-corrected chi connectivity index (χ1v) is 6.24. The molecule has 0 aliphatic heterocycles. The third-order valence-corrected chi connectivity index (χ3v) is 2.94. The predicted octanol–water partition coefficient (Wildman–Crippen LogP) is 3.24. The minimum Gasteiger partial charge on any atom is -0.472 e. The highest BCUT2D eigenvalue weighted by Crippen LogP contribution is 2.14. The Morgan fingerprint density at radius 2 is 2.00 bits per heavy atom. The molecule has 1 aromatic carbocycles. The number of Topliss-reactive ketones (excluding diaryl/α,β-unsaturated/α-hetero) is 1. The topological polar surface area (TPSA) is 30.2 Å². The van der Waals surface area contributed by atoms with Crippen molar-refractivity contribution in [2.24, 2.45) is 0 Å². The second-order valence-corrected chi connectivity index (χ2v) is 4.20. The molecule has 17 heavy (non-hydrogen) atoms. The highest BCUT2D eigenvalue weighted by molar-refractivity contribution is 7.98. The molecule has 1 heterocycles. The molecule has 3 heteroatoms. The van der Waals surface area contributed by atoms with Crippen molar-refractivity contribution in [3.63, 3.8) is 0 Å². The third-order valence-electron chi connectivity index (χ3n) is 2.19. The highest BCUT2D eigenvalue weighted by Gasteiger charge is 2.01. The molecule has 0 bridgehead atoms. The largest absolute Gasteiger partial charge is 0.472 e. The maximum Gasteiger partial charge on any atom is 0.239 e. The summed E-state index contributed by atoms with van der Waals surface area (Å²) in [6, 6.07) is 9.38. The van der Waals surface area contributed by atoms with E-state index >= 15 is 0 Å². The van der Waals surface area contributed by atoms with Crippen LogP contribution in [0.25, 0.3) is 0 Å². The molecule has 84 valence electrons.